The molecule has 1 amide bonds. The van der Waals surface area contributed by atoms with Gasteiger partial charge in [0.25, 0.3) is 5.56 Å². The van der Waals surface area contributed by atoms with E-state index in [0.717, 1.165) is 25.9 Å². The number of hydrogen-bond donors (Lipinski definition) is 1. The summed E-state index contributed by atoms with van der Waals surface area (Å²) in [4.78, 5) is 33.8. The van der Waals surface area contributed by atoms with E-state index in [4.69, 9.17) is 0 Å². The molecule has 2 atom stereocenters. The molecule has 3 fully saturated rings. The topological polar surface area (TPSA) is 70.5 Å². The predicted octanol–water partition coefficient (Wildman–Crippen LogP) is 0.209. The van der Waals surface area contributed by atoms with Crippen LogP contribution in [0.3, 0.4) is 0 Å². The summed E-state index contributed by atoms with van der Waals surface area (Å²) in [6.45, 7) is 4.51. The second-order valence-corrected chi connectivity index (χ2v) is 7.68. The van der Waals surface area contributed by atoms with Gasteiger partial charge in [-0.1, -0.05) is 12.8 Å². The third kappa shape index (κ3) is 2.74. The van der Waals surface area contributed by atoms with Crippen molar-refractivity contribution in [1.29, 1.82) is 0 Å². The van der Waals surface area contributed by atoms with Gasteiger partial charge in [-0.05, 0) is 25.3 Å². The molecule has 7 nitrogen and oxygen atoms in total. The molecule has 25 heavy (non-hydrogen) atoms. The first-order valence-electron chi connectivity index (χ1n) is 9.38. The molecule has 1 N–H and O–H groups in total. The maximum Gasteiger partial charge on any atom is 0.293 e. The minimum Gasteiger partial charge on any atom is -0.348 e. The van der Waals surface area contributed by atoms with Crippen LogP contribution in [-0.4, -0.2) is 59.6 Å². The largest absolute Gasteiger partial charge is 0.348 e. The zero-order valence-corrected chi connectivity index (χ0v) is 14.9. The molecule has 7 heteroatoms. The van der Waals surface area contributed by atoms with Gasteiger partial charge in [0.2, 0.25) is 5.91 Å². The third-order valence-electron chi connectivity index (χ3n) is 6.33. The van der Waals surface area contributed by atoms with Crippen LogP contribution in [0.25, 0.3) is 0 Å². The Morgan fingerprint density at radius 1 is 1.28 bits per heavy atom. The first-order chi connectivity index (χ1) is 12.1. The average molecular weight is 345 g/mol. The lowest BCUT2D eigenvalue weighted by molar-refractivity contribution is -0.145. The minimum absolute atomic E-state index is 0.0757. The molecular weight excluding hydrogens is 318 g/mol. The molecule has 1 saturated carbocycles. The van der Waals surface area contributed by atoms with Crippen LogP contribution in [0.1, 0.15) is 25.7 Å². The fraction of sp³-hybridized carbons (Fsp3) is 0.722. The highest BCUT2D eigenvalue weighted by atomic mass is 16.2. The molecule has 3 aliphatic rings. The minimum atomic E-state index is -0.179. The zero-order chi connectivity index (χ0) is 17.4. The number of fused-ring (bicyclic) bond motifs is 1. The van der Waals surface area contributed by atoms with Crippen LogP contribution in [0, 0.1) is 11.3 Å². The molecule has 0 unspecified atom stereocenters. The van der Waals surface area contributed by atoms with Gasteiger partial charge >= 0.3 is 0 Å². The highest BCUT2D eigenvalue weighted by Gasteiger charge is 2.51. The molecule has 3 heterocycles. The normalized spacial score (nSPS) is 29.6. The van der Waals surface area contributed by atoms with Gasteiger partial charge in [-0.2, -0.15) is 0 Å². The van der Waals surface area contributed by atoms with Crippen molar-refractivity contribution in [3.05, 3.63) is 22.7 Å². The first-order valence-corrected chi connectivity index (χ1v) is 9.38. The molecule has 0 spiro atoms. The summed E-state index contributed by atoms with van der Waals surface area (Å²) in [5, 5.41) is 3.46. The fourth-order valence-corrected chi connectivity index (χ4v) is 4.81. The summed E-state index contributed by atoms with van der Waals surface area (Å²) in [7, 11) is 1.74. The second kappa shape index (κ2) is 6.44. The van der Waals surface area contributed by atoms with Crippen molar-refractivity contribution in [2.45, 2.75) is 25.7 Å². The van der Waals surface area contributed by atoms with Crippen LogP contribution in [0.5, 0.6) is 0 Å². The number of amides is 1. The summed E-state index contributed by atoms with van der Waals surface area (Å²) in [6, 6.07) is 0. The Kier molecular flexibility index (Phi) is 4.27. The Hall–Kier alpha value is -1.89. The van der Waals surface area contributed by atoms with E-state index in [1.807, 2.05) is 9.80 Å². The van der Waals surface area contributed by atoms with Crippen molar-refractivity contribution in [2.75, 3.05) is 44.2 Å². The number of aryl methyl sites for hydroxylation is 1. The molecule has 0 bridgehead atoms. The molecule has 1 aromatic rings. The Labute approximate surface area is 148 Å². The molecule has 0 radical (unpaired) electrons. The summed E-state index contributed by atoms with van der Waals surface area (Å²) < 4.78 is 1.55. The first kappa shape index (κ1) is 16.6. The highest BCUT2D eigenvalue weighted by molar-refractivity contribution is 5.84. The fourth-order valence-electron chi connectivity index (χ4n) is 4.81. The van der Waals surface area contributed by atoms with Gasteiger partial charge in [-0.15, -0.1) is 0 Å². The number of nitrogens with one attached hydrogen (secondary N) is 1. The SMILES string of the molecule is Cn1ccnc(N2CCN(C(=O)[C@@]34CCCC[C@H]3CNC4)CC2)c1=O. The van der Waals surface area contributed by atoms with Gasteiger partial charge in [0.15, 0.2) is 5.82 Å². The maximum absolute atomic E-state index is 13.3. The van der Waals surface area contributed by atoms with Crippen molar-refractivity contribution >= 4 is 11.7 Å². The summed E-state index contributed by atoms with van der Waals surface area (Å²) in [5.41, 5.74) is -0.255. The maximum atomic E-state index is 13.3. The van der Waals surface area contributed by atoms with Crippen molar-refractivity contribution in [2.24, 2.45) is 18.4 Å². The number of aromatic nitrogens is 2. The van der Waals surface area contributed by atoms with Crippen LogP contribution in [0.4, 0.5) is 5.82 Å². The molecule has 1 aliphatic carbocycles. The van der Waals surface area contributed by atoms with Gasteiger partial charge in [-0.3, -0.25) is 9.59 Å². The third-order valence-corrected chi connectivity index (χ3v) is 6.33. The lowest BCUT2D eigenvalue weighted by atomic mass is 9.67. The van der Waals surface area contributed by atoms with Crippen molar-refractivity contribution in [3.8, 4) is 0 Å². The van der Waals surface area contributed by atoms with Crippen LogP contribution in [0.15, 0.2) is 17.2 Å². The molecule has 136 valence electrons. The summed E-state index contributed by atoms with van der Waals surface area (Å²) in [5.74, 6) is 1.32. The molecule has 0 aromatic carbocycles. The van der Waals surface area contributed by atoms with Crippen molar-refractivity contribution < 1.29 is 4.79 Å². The van der Waals surface area contributed by atoms with E-state index in [1.165, 1.54) is 12.8 Å². The Morgan fingerprint density at radius 2 is 2.08 bits per heavy atom. The number of anilines is 1. The predicted molar refractivity (Wildman–Crippen MR) is 95.5 cm³/mol. The molecule has 4 rings (SSSR count). The van der Waals surface area contributed by atoms with Crippen molar-refractivity contribution in [1.82, 2.24) is 19.8 Å². The van der Waals surface area contributed by atoms with E-state index < -0.39 is 0 Å². The lowest BCUT2D eigenvalue weighted by Crippen LogP contribution is -2.56. The van der Waals surface area contributed by atoms with Crippen LogP contribution in [0.2, 0.25) is 0 Å². The van der Waals surface area contributed by atoms with E-state index in [2.05, 4.69) is 10.3 Å². The van der Waals surface area contributed by atoms with Crippen molar-refractivity contribution in [3.63, 3.8) is 0 Å². The number of rotatable bonds is 2. The molecule has 2 aliphatic heterocycles. The molecule has 2 saturated heterocycles. The number of nitrogens with zero attached hydrogens (tertiary/aromatic N) is 4. The van der Waals surface area contributed by atoms with Crippen LogP contribution >= 0.6 is 0 Å². The van der Waals surface area contributed by atoms with Gasteiger partial charge < -0.3 is 19.7 Å². The lowest BCUT2D eigenvalue weighted by Gasteiger charge is -2.43. The van der Waals surface area contributed by atoms with Gasteiger partial charge in [0, 0.05) is 52.2 Å². The summed E-state index contributed by atoms with van der Waals surface area (Å²) in [6.07, 6.45) is 7.92. The number of carbonyl (C=O) groups is 1. The van der Waals surface area contributed by atoms with Gasteiger partial charge in [0.1, 0.15) is 0 Å². The van der Waals surface area contributed by atoms with E-state index in [0.29, 0.717) is 43.8 Å². The monoisotopic (exact) mass is 345 g/mol. The van der Waals surface area contributed by atoms with E-state index >= 15 is 0 Å². The average Bonchev–Trinajstić information content (AvgIpc) is 3.09. The Balaban J connectivity index is 1.46. The van der Waals surface area contributed by atoms with Gasteiger partial charge in [0.05, 0.1) is 5.41 Å². The quantitative estimate of drug-likeness (QED) is 0.830. The zero-order valence-electron chi connectivity index (χ0n) is 14.9. The second-order valence-electron chi connectivity index (χ2n) is 7.68. The Bertz CT molecular complexity index is 710. The molecule has 1 aromatic heterocycles. The Morgan fingerprint density at radius 3 is 2.88 bits per heavy atom. The van der Waals surface area contributed by atoms with E-state index in [9.17, 15) is 9.59 Å². The standard InChI is InChI=1S/C18H27N5O2/c1-21-7-6-20-15(16(21)24)22-8-10-23(11-9-22)17(25)18-5-3-2-4-14(18)12-19-13-18/h6-7,14,19H,2-5,8-13H2,1H3/t14-,18+/m0/s1. The van der Waals surface area contributed by atoms with Gasteiger partial charge in [-0.25, -0.2) is 4.98 Å². The molecular formula is C18H27N5O2. The smallest absolute Gasteiger partial charge is 0.293 e. The van der Waals surface area contributed by atoms with E-state index in [-0.39, 0.29) is 11.0 Å². The number of carbonyl (C=O) groups excluding carboxylic acids is 1. The van der Waals surface area contributed by atoms with Crippen LogP contribution in [-0.2, 0) is 11.8 Å². The summed E-state index contributed by atoms with van der Waals surface area (Å²) >= 11 is 0. The number of piperazine rings is 1. The highest BCUT2D eigenvalue weighted by Crippen LogP contribution is 2.45. The van der Waals surface area contributed by atoms with Crippen LogP contribution < -0.4 is 15.8 Å². The number of hydrogen-bond acceptors (Lipinski definition) is 5. The van der Waals surface area contributed by atoms with E-state index in [1.54, 1.807) is 24.0 Å².